The van der Waals surface area contributed by atoms with Crippen molar-refractivity contribution >= 4 is 0 Å². The Kier molecular flexibility index (Phi) is 2.80. The minimum atomic E-state index is 0.0675. The summed E-state index contributed by atoms with van der Waals surface area (Å²) in [6, 6.07) is 8.21. The first-order valence-electron chi connectivity index (χ1n) is 6.19. The van der Waals surface area contributed by atoms with Crippen LogP contribution >= 0.6 is 0 Å². The number of aryl methyl sites for hydroxylation is 1. The van der Waals surface area contributed by atoms with Gasteiger partial charge in [-0.1, -0.05) is 18.2 Å². The van der Waals surface area contributed by atoms with Crippen LogP contribution in [0.15, 0.2) is 36.7 Å². The van der Waals surface area contributed by atoms with Crippen LogP contribution in [0.3, 0.4) is 0 Å². The van der Waals surface area contributed by atoms with Gasteiger partial charge >= 0.3 is 0 Å². The molecule has 0 aliphatic carbocycles. The van der Waals surface area contributed by atoms with E-state index in [1.165, 1.54) is 11.1 Å². The average molecular weight is 243 g/mol. The summed E-state index contributed by atoms with van der Waals surface area (Å²) >= 11 is 0. The van der Waals surface area contributed by atoms with Crippen LogP contribution in [0.5, 0.6) is 5.75 Å². The third-order valence-electron chi connectivity index (χ3n) is 3.48. The molecule has 0 bridgehead atoms. The number of nitrogens with two attached hydrogens (primary N) is 1. The molecular formula is C14H17N3O. The molecule has 0 radical (unpaired) electrons. The number of rotatable bonds is 3. The second kappa shape index (κ2) is 4.46. The first-order valence-corrected chi connectivity index (χ1v) is 6.19. The lowest BCUT2D eigenvalue weighted by atomic mass is 9.90. The molecule has 0 amide bonds. The maximum absolute atomic E-state index is 6.32. The summed E-state index contributed by atoms with van der Waals surface area (Å²) in [5.41, 5.74) is 8.72. The normalized spacial score (nSPS) is 19.3. The van der Waals surface area contributed by atoms with Crippen LogP contribution in [0, 0.1) is 0 Å². The summed E-state index contributed by atoms with van der Waals surface area (Å²) in [5.74, 6) is 1.26. The molecule has 1 aliphatic rings. The van der Waals surface area contributed by atoms with Crippen LogP contribution in [0.1, 0.15) is 17.0 Å². The summed E-state index contributed by atoms with van der Waals surface area (Å²) in [5, 5.41) is 4.17. The van der Waals surface area contributed by atoms with E-state index in [0.29, 0.717) is 6.61 Å². The molecule has 0 fully saturated rings. The largest absolute Gasteiger partial charge is 0.493 e. The zero-order valence-corrected chi connectivity index (χ0v) is 10.4. The fourth-order valence-electron chi connectivity index (χ4n) is 2.53. The molecule has 1 aromatic heterocycles. The molecule has 1 aromatic carbocycles. The third kappa shape index (κ3) is 1.99. The lowest BCUT2D eigenvalue weighted by molar-refractivity contribution is 0.313. The van der Waals surface area contributed by atoms with Crippen molar-refractivity contribution < 1.29 is 4.74 Å². The van der Waals surface area contributed by atoms with Crippen LogP contribution in [0.25, 0.3) is 0 Å². The van der Waals surface area contributed by atoms with Crippen LogP contribution in [-0.2, 0) is 13.5 Å². The van der Waals surface area contributed by atoms with E-state index in [1.807, 2.05) is 37.6 Å². The van der Waals surface area contributed by atoms with Gasteiger partial charge in [0.1, 0.15) is 5.75 Å². The molecule has 94 valence electrons. The van der Waals surface area contributed by atoms with Crippen molar-refractivity contribution in [2.75, 3.05) is 6.61 Å². The minimum absolute atomic E-state index is 0.0675. The predicted molar refractivity (Wildman–Crippen MR) is 69.6 cm³/mol. The zero-order chi connectivity index (χ0) is 12.5. The number of fused-ring (bicyclic) bond motifs is 1. The molecule has 2 aromatic rings. The second-order valence-corrected chi connectivity index (χ2v) is 4.85. The maximum atomic E-state index is 6.32. The number of hydrogen-bond donors (Lipinski definition) is 1. The van der Waals surface area contributed by atoms with E-state index in [2.05, 4.69) is 11.2 Å². The molecule has 18 heavy (non-hydrogen) atoms. The molecule has 3 rings (SSSR count). The Balaban J connectivity index is 1.76. The average Bonchev–Trinajstić information content (AvgIpc) is 2.95. The summed E-state index contributed by atoms with van der Waals surface area (Å²) in [6.07, 6.45) is 4.72. The van der Waals surface area contributed by atoms with Gasteiger partial charge in [-0.25, -0.2) is 0 Å². The number of benzene rings is 1. The number of hydrogen-bond acceptors (Lipinski definition) is 3. The molecule has 1 aliphatic heterocycles. The SMILES string of the molecule is Cn1cc(CC(N)C2COc3ccccc32)cn1. The zero-order valence-electron chi connectivity index (χ0n) is 10.4. The molecular weight excluding hydrogens is 226 g/mol. The Morgan fingerprint density at radius 3 is 3.11 bits per heavy atom. The van der Waals surface area contributed by atoms with Gasteiger partial charge in [0.25, 0.3) is 0 Å². The lowest BCUT2D eigenvalue weighted by Crippen LogP contribution is -2.31. The summed E-state index contributed by atoms with van der Waals surface area (Å²) in [7, 11) is 1.92. The topological polar surface area (TPSA) is 53.1 Å². The molecule has 2 unspecified atom stereocenters. The first-order chi connectivity index (χ1) is 8.74. The second-order valence-electron chi connectivity index (χ2n) is 4.85. The highest BCUT2D eigenvalue weighted by atomic mass is 16.5. The van der Waals surface area contributed by atoms with Gasteiger partial charge in [0, 0.05) is 30.8 Å². The van der Waals surface area contributed by atoms with E-state index < -0.39 is 0 Å². The fourth-order valence-corrected chi connectivity index (χ4v) is 2.53. The quantitative estimate of drug-likeness (QED) is 0.888. The van der Waals surface area contributed by atoms with Gasteiger partial charge in [0.05, 0.1) is 12.8 Å². The Hall–Kier alpha value is -1.81. The Morgan fingerprint density at radius 1 is 1.50 bits per heavy atom. The van der Waals surface area contributed by atoms with E-state index in [9.17, 15) is 0 Å². The minimum Gasteiger partial charge on any atom is -0.493 e. The molecule has 0 spiro atoms. The first kappa shape index (κ1) is 11.3. The standard InChI is InChI=1S/C14H17N3O/c1-17-8-10(7-16-17)6-13(15)12-9-18-14-5-3-2-4-11(12)14/h2-5,7-8,12-13H,6,9,15H2,1H3. The fraction of sp³-hybridized carbons (Fsp3) is 0.357. The van der Waals surface area contributed by atoms with Crippen LogP contribution in [0.2, 0.25) is 0 Å². The highest BCUT2D eigenvalue weighted by molar-refractivity contribution is 5.40. The summed E-state index contributed by atoms with van der Waals surface area (Å²) in [6.45, 7) is 0.681. The van der Waals surface area contributed by atoms with Gasteiger partial charge in [-0.3, -0.25) is 4.68 Å². The van der Waals surface area contributed by atoms with Crippen molar-refractivity contribution in [1.29, 1.82) is 0 Å². The highest BCUT2D eigenvalue weighted by Crippen LogP contribution is 2.35. The Morgan fingerprint density at radius 2 is 2.33 bits per heavy atom. The molecule has 0 saturated heterocycles. The van der Waals surface area contributed by atoms with E-state index >= 15 is 0 Å². The molecule has 2 N–H and O–H groups in total. The van der Waals surface area contributed by atoms with Crippen LogP contribution < -0.4 is 10.5 Å². The van der Waals surface area contributed by atoms with Crippen molar-refractivity contribution in [1.82, 2.24) is 9.78 Å². The van der Waals surface area contributed by atoms with E-state index in [0.717, 1.165) is 12.2 Å². The molecule has 4 heteroatoms. The van der Waals surface area contributed by atoms with Crippen LogP contribution in [0.4, 0.5) is 0 Å². The Labute approximate surface area is 106 Å². The van der Waals surface area contributed by atoms with Crippen molar-refractivity contribution in [3.63, 3.8) is 0 Å². The summed E-state index contributed by atoms with van der Waals surface area (Å²) in [4.78, 5) is 0. The lowest BCUT2D eigenvalue weighted by Gasteiger charge is -2.17. The molecule has 0 saturated carbocycles. The highest BCUT2D eigenvalue weighted by Gasteiger charge is 2.29. The molecule has 4 nitrogen and oxygen atoms in total. The molecule has 2 atom stereocenters. The number of para-hydroxylation sites is 1. The van der Waals surface area contributed by atoms with Crippen molar-refractivity contribution in [3.05, 3.63) is 47.8 Å². The van der Waals surface area contributed by atoms with E-state index in [1.54, 1.807) is 4.68 Å². The number of nitrogens with zero attached hydrogens (tertiary/aromatic N) is 2. The van der Waals surface area contributed by atoms with Gasteiger partial charge in [0.2, 0.25) is 0 Å². The monoisotopic (exact) mass is 243 g/mol. The Bertz CT molecular complexity index is 549. The number of aromatic nitrogens is 2. The van der Waals surface area contributed by atoms with Gasteiger partial charge in [0.15, 0.2) is 0 Å². The van der Waals surface area contributed by atoms with Crippen molar-refractivity contribution in [2.24, 2.45) is 12.8 Å². The van der Waals surface area contributed by atoms with Crippen LogP contribution in [-0.4, -0.2) is 22.4 Å². The van der Waals surface area contributed by atoms with Gasteiger partial charge < -0.3 is 10.5 Å². The summed E-state index contributed by atoms with van der Waals surface area (Å²) < 4.78 is 7.48. The van der Waals surface area contributed by atoms with Crippen molar-refractivity contribution in [3.8, 4) is 5.75 Å². The predicted octanol–water partition coefficient (Wildman–Crippen LogP) is 1.47. The van der Waals surface area contributed by atoms with Gasteiger partial charge in [-0.15, -0.1) is 0 Å². The van der Waals surface area contributed by atoms with Crippen molar-refractivity contribution in [2.45, 2.75) is 18.4 Å². The maximum Gasteiger partial charge on any atom is 0.122 e. The van der Waals surface area contributed by atoms with Gasteiger partial charge in [-0.05, 0) is 18.1 Å². The van der Waals surface area contributed by atoms with E-state index in [4.69, 9.17) is 10.5 Å². The smallest absolute Gasteiger partial charge is 0.122 e. The van der Waals surface area contributed by atoms with E-state index in [-0.39, 0.29) is 12.0 Å². The third-order valence-corrected chi connectivity index (χ3v) is 3.48. The van der Waals surface area contributed by atoms with Gasteiger partial charge in [-0.2, -0.15) is 5.10 Å². The number of ether oxygens (including phenoxy) is 1. The molecule has 2 heterocycles.